The molecule has 0 saturated carbocycles. The van der Waals surface area contributed by atoms with Crippen molar-refractivity contribution in [2.45, 2.75) is 20.0 Å². The maximum atomic E-state index is 12.6. The summed E-state index contributed by atoms with van der Waals surface area (Å²) in [5, 5.41) is 2.61. The van der Waals surface area contributed by atoms with E-state index < -0.39 is 30.2 Å². The van der Waals surface area contributed by atoms with Crippen LogP contribution in [-0.2, 0) is 15.7 Å². The minimum atomic E-state index is -4.57. The summed E-state index contributed by atoms with van der Waals surface area (Å²) >= 11 is 0. The number of carbonyl (C=O) groups is 2. The van der Waals surface area contributed by atoms with Crippen LogP contribution in [0, 0.1) is 13.8 Å². The lowest BCUT2D eigenvalue weighted by molar-refractivity contribution is -0.137. The van der Waals surface area contributed by atoms with E-state index in [2.05, 4.69) is 5.32 Å². The van der Waals surface area contributed by atoms with E-state index in [0.29, 0.717) is 11.8 Å². The Balaban J connectivity index is 2.00. The number of rotatable bonds is 4. The number of hydrogen-bond acceptors (Lipinski definition) is 4. The molecule has 0 unspecified atom stereocenters. The molecule has 2 rings (SSSR count). The SMILES string of the molecule is Cc1ccc(C)c(NC(=O)COC(=O)c2ccc(C(F)(F)F)cc2N)c1. The summed E-state index contributed by atoms with van der Waals surface area (Å²) in [6, 6.07) is 7.78. The van der Waals surface area contributed by atoms with Crippen molar-refractivity contribution in [3.63, 3.8) is 0 Å². The van der Waals surface area contributed by atoms with Crippen LogP contribution in [0.5, 0.6) is 0 Å². The number of aryl methyl sites for hydroxylation is 2. The van der Waals surface area contributed by atoms with E-state index in [4.69, 9.17) is 10.5 Å². The van der Waals surface area contributed by atoms with Gasteiger partial charge in [-0.15, -0.1) is 0 Å². The molecule has 5 nitrogen and oxygen atoms in total. The van der Waals surface area contributed by atoms with Crippen molar-refractivity contribution in [2.24, 2.45) is 0 Å². The van der Waals surface area contributed by atoms with Gasteiger partial charge in [-0.05, 0) is 49.2 Å². The predicted octanol–water partition coefficient (Wildman–Crippen LogP) is 3.70. The van der Waals surface area contributed by atoms with Gasteiger partial charge >= 0.3 is 12.1 Å². The van der Waals surface area contributed by atoms with E-state index in [-0.39, 0.29) is 11.3 Å². The van der Waals surface area contributed by atoms with Crippen molar-refractivity contribution in [1.82, 2.24) is 0 Å². The van der Waals surface area contributed by atoms with Crippen LogP contribution in [0.4, 0.5) is 24.5 Å². The number of nitrogens with two attached hydrogens (primary N) is 1. The number of nitrogens with one attached hydrogen (secondary N) is 1. The van der Waals surface area contributed by atoms with Crippen LogP contribution in [0.2, 0.25) is 0 Å². The second kappa shape index (κ2) is 7.47. The molecule has 0 radical (unpaired) electrons. The fourth-order valence-corrected chi connectivity index (χ4v) is 2.19. The highest BCUT2D eigenvalue weighted by atomic mass is 19.4. The van der Waals surface area contributed by atoms with Crippen LogP contribution in [0.1, 0.15) is 27.0 Å². The van der Waals surface area contributed by atoms with Gasteiger partial charge in [-0.2, -0.15) is 13.2 Å². The highest BCUT2D eigenvalue weighted by Crippen LogP contribution is 2.31. The van der Waals surface area contributed by atoms with E-state index in [9.17, 15) is 22.8 Å². The Morgan fingerprint density at radius 1 is 1.12 bits per heavy atom. The second-order valence-corrected chi connectivity index (χ2v) is 5.74. The summed E-state index contributed by atoms with van der Waals surface area (Å²) in [4.78, 5) is 23.9. The first-order chi connectivity index (χ1) is 12.1. The lowest BCUT2D eigenvalue weighted by Crippen LogP contribution is -2.22. The third-order valence-corrected chi connectivity index (χ3v) is 3.60. The lowest BCUT2D eigenvalue weighted by Gasteiger charge is -2.12. The molecular weight excluding hydrogens is 349 g/mol. The van der Waals surface area contributed by atoms with Crippen molar-refractivity contribution in [3.8, 4) is 0 Å². The van der Waals surface area contributed by atoms with Gasteiger partial charge in [0.2, 0.25) is 0 Å². The molecule has 0 aliphatic heterocycles. The molecule has 0 bridgehead atoms. The predicted molar refractivity (Wildman–Crippen MR) is 90.7 cm³/mol. The van der Waals surface area contributed by atoms with Crippen LogP contribution in [-0.4, -0.2) is 18.5 Å². The van der Waals surface area contributed by atoms with Crippen molar-refractivity contribution >= 4 is 23.3 Å². The summed E-state index contributed by atoms with van der Waals surface area (Å²) in [6.45, 7) is 3.08. The highest BCUT2D eigenvalue weighted by molar-refractivity contribution is 5.98. The van der Waals surface area contributed by atoms with E-state index in [1.165, 1.54) is 0 Å². The van der Waals surface area contributed by atoms with Crippen LogP contribution in [0.3, 0.4) is 0 Å². The Morgan fingerprint density at radius 3 is 2.42 bits per heavy atom. The van der Waals surface area contributed by atoms with Gasteiger partial charge in [0.1, 0.15) is 0 Å². The van der Waals surface area contributed by atoms with Crippen molar-refractivity contribution < 1.29 is 27.5 Å². The first-order valence-electron chi connectivity index (χ1n) is 7.59. The zero-order valence-corrected chi connectivity index (χ0v) is 14.1. The third kappa shape index (κ3) is 4.75. The molecule has 1 amide bonds. The maximum Gasteiger partial charge on any atom is 0.416 e. The average molecular weight is 366 g/mol. The number of nitrogen functional groups attached to an aromatic ring is 1. The molecule has 0 atom stereocenters. The van der Waals surface area contributed by atoms with E-state index in [1.54, 1.807) is 6.07 Å². The average Bonchev–Trinajstić information content (AvgIpc) is 2.55. The van der Waals surface area contributed by atoms with Crippen LogP contribution < -0.4 is 11.1 Å². The van der Waals surface area contributed by atoms with E-state index in [1.807, 2.05) is 26.0 Å². The highest BCUT2D eigenvalue weighted by Gasteiger charge is 2.31. The molecule has 0 heterocycles. The Labute approximate surface area is 148 Å². The standard InChI is InChI=1S/C18H17F3N2O3/c1-10-3-4-11(2)15(7-10)23-16(24)9-26-17(25)13-6-5-12(8-14(13)22)18(19,20)21/h3-8H,9,22H2,1-2H3,(H,23,24). The summed E-state index contributed by atoms with van der Waals surface area (Å²) in [5.74, 6) is -1.55. The fraction of sp³-hybridized carbons (Fsp3) is 0.222. The minimum Gasteiger partial charge on any atom is -0.452 e. The van der Waals surface area contributed by atoms with Crippen LogP contribution >= 0.6 is 0 Å². The molecule has 0 fully saturated rings. The van der Waals surface area contributed by atoms with Gasteiger partial charge < -0.3 is 15.8 Å². The number of anilines is 2. The number of halogens is 3. The summed E-state index contributed by atoms with van der Waals surface area (Å²) in [6.07, 6.45) is -4.57. The number of amides is 1. The van der Waals surface area contributed by atoms with E-state index >= 15 is 0 Å². The Hall–Kier alpha value is -3.03. The number of carbonyl (C=O) groups excluding carboxylic acids is 2. The number of alkyl halides is 3. The molecule has 0 saturated heterocycles. The second-order valence-electron chi connectivity index (χ2n) is 5.74. The summed E-state index contributed by atoms with van der Waals surface area (Å²) in [5.41, 5.74) is 6.26. The molecule has 26 heavy (non-hydrogen) atoms. The molecule has 0 spiro atoms. The normalized spacial score (nSPS) is 11.1. The molecule has 138 valence electrons. The Bertz CT molecular complexity index is 848. The maximum absolute atomic E-state index is 12.6. The Morgan fingerprint density at radius 2 is 1.81 bits per heavy atom. The first kappa shape index (κ1) is 19.3. The van der Waals surface area contributed by atoms with Gasteiger partial charge in [-0.1, -0.05) is 12.1 Å². The van der Waals surface area contributed by atoms with E-state index in [0.717, 1.165) is 23.3 Å². The zero-order valence-electron chi connectivity index (χ0n) is 14.1. The minimum absolute atomic E-state index is 0.238. The molecule has 2 aromatic carbocycles. The lowest BCUT2D eigenvalue weighted by atomic mass is 10.1. The largest absolute Gasteiger partial charge is 0.452 e. The zero-order chi connectivity index (χ0) is 19.5. The molecule has 0 aromatic heterocycles. The van der Waals surface area contributed by atoms with Gasteiger partial charge in [0.05, 0.1) is 11.1 Å². The number of hydrogen-bond donors (Lipinski definition) is 2. The van der Waals surface area contributed by atoms with Crippen LogP contribution in [0.25, 0.3) is 0 Å². The number of esters is 1. The monoisotopic (exact) mass is 366 g/mol. The Kier molecular flexibility index (Phi) is 5.54. The van der Waals surface area contributed by atoms with Gasteiger partial charge in [0.15, 0.2) is 6.61 Å². The molecule has 0 aliphatic rings. The first-order valence-corrected chi connectivity index (χ1v) is 7.59. The van der Waals surface area contributed by atoms with Gasteiger partial charge in [-0.25, -0.2) is 4.79 Å². The molecule has 2 aromatic rings. The molecule has 8 heteroatoms. The van der Waals surface area contributed by atoms with Crippen molar-refractivity contribution in [2.75, 3.05) is 17.7 Å². The van der Waals surface area contributed by atoms with Gasteiger partial charge in [-0.3, -0.25) is 4.79 Å². The smallest absolute Gasteiger partial charge is 0.416 e. The summed E-state index contributed by atoms with van der Waals surface area (Å²) < 4.78 is 42.6. The number of benzene rings is 2. The number of ether oxygens (including phenoxy) is 1. The van der Waals surface area contributed by atoms with Crippen molar-refractivity contribution in [1.29, 1.82) is 0 Å². The third-order valence-electron chi connectivity index (χ3n) is 3.60. The molecule has 0 aliphatic carbocycles. The fourth-order valence-electron chi connectivity index (χ4n) is 2.19. The molecule has 3 N–H and O–H groups in total. The molecular formula is C18H17F3N2O3. The summed E-state index contributed by atoms with van der Waals surface area (Å²) in [7, 11) is 0. The van der Waals surface area contributed by atoms with Crippen molar-refractivity contribution in [3.05, 3.63) is 58.7 Å². The van der Waals surface area contributed by atoms with Gasteiger partial charge in [0, 0.05) is 11.4 Å². The quantitative estimate of drug-likeness (QED) is 0.639. The topological polar surface area (TPSA) is 81.4 Å². The van der Waals surface area contributed by atoms with Crippen LogP contribution in [0.15, 0.2) is 36.4 Å². The van der Waals surface area contributed by atoms with Gasteiger partial charge in [0.25, 0.3) is 5.91 Å².